The fourth-order valence-corrected chi connectivity index (χ4v) is 3.87. The zero-order valence-electron chi connectivity index (χ0n) is 15.0. The van der Waals surface area contributed by atoms with E-state index in [9.17, 15) is 17.2 Å². The Labute approximate surface area is 162 Å². The maximum absolute atomic E-state index is 13.8. The second kappa shape index (κ2) is 8.45. The summed E-state index contributed by atoms with van der Waals surface area (Å²) in [7, 11) is -4.22. The molecular formula is C20H18F2N2O3S. The van der Waals surface area contributed by atoms with Crippen LogP contribution in [0.2, 0.25) is 0 Å². The molecule has 3 aromatic rings. The Kier molecular flexibility index (Phi) is 6.01. The molecule has 146 valence electrons. The van der Waals surface area contributed by atoms with Crippen molar-refractivity contribution in [2.75, 3.05) is 0 Å². The van der Waals surface area contributed by atoms with Crippen LogP contribution in [-0.4, -0.2) is 13.4 Å². The topological polar surface area (TPSA) is 68.3 Å². The molecule has 28 heavy (non-hydrogen) atoms. The maximum atomic E-state index is 13.8. The third-order valence-corrected chi connectivity index (χ3v) is 5.58. The van der Waals surface area contributed by atoms with Gasteiger partial charge in [0.15, 0.2) is 0 Å². The number of benzene rings is 2. The van der Waals surface area contributed by atoms with E-state index in [0.717, 1.165) is 17.7 Å². The van der Waals surface area contributed by atoms with Gasteiger partial charge in [0.25, 0.3) is 0 Å². The van der Waals surface area contributed by atoms with E-state index in [1.165, 1.54) is 0 Å². The summed E-state index contributed by atoms with van der Waals surface area (Å²) >= 11 is 0. The van der Waals surface area contributed by atoms with Crippen molar-refractivity contribution in [3.8, 4) is 5.75 Å². The lowest BCUT2D eigenvalue weighted by molar-refractivity contribution is 0.305. The number of pyridine rings is 1. The second-order valence-electron chi connectivity index (χ2n) is 6.14. The second-order valence-corrected chi connectivity index (χ2v) is 7.82. The summed E-state index contributed by atoms with van der Waals surface area (Å²) < 4.78 is 59.8. The Morgan fingerprint density at radius 2 is 1.86 bits per heavy atom. The van der Waals surface area contributed by atoms with Crippen molar-refractivity contribution < 1.29 is 21.9 Å². The number of rotatable bonds is 7. The molecule has 8 heteroatoms. The molecule has 1 atom stereocenters. The van der Waals surface area contributed by atoms with E-state index in [1.54, 1.807) is 43.6 Å². The Morgan fingerprint density at radius 3 is 2.54 bits per heavy atom. The van der Waals surface area contributed by atoms with Crippen molar-refractivity contribution in [1.82, 2.24) is 9.71 Å². The summed E-state index contributed by atoms with van der Waals surface area (Å²) in [6.07, 6.45) is 3.38. The van der Waals surface area contributed by atoms with Gasteiger partial charge in [-0.25, -0.2) is 21.9 Å². The molecule has 0 saturated heterocycles. The standard InChI is InChI=1S/C20H18F2N2O3S/c1-14(24-28(25,26)20-11-17(21)6-9-19(20)22)16-4-7-18(8-5-16)27-13-15-3-2-10-23-12-15/h2-12,14,24H,13H2,1H3. The molecule has 1 aromatic heterocycles. The van der Waals surface area contributed by atoms with Gasteiger partial charge >= 0.3 is 0 Å². The largest absolute Gasteiger partial charge is 0.489 e. The first-order valence-corrected chi connectivity index (χ1v) is 9.92. The monoisotopic (exact) mass is 404 g/mol. The van der Waals surface area contributed by atoms with Crippen molar-refractivity contribution in [1.29, 1.82) is 0 Å². The van der Waals surface area contributed by atoms with Gasteiger partial charge in [0.2, 0.25) is 10.0 Å². The molecule has 3 rings (SSSR count). The highest BCUT2D eigenvalue weighted by atomic mass is 32.2. The van der Waals surface area contributed by atoms with Crippen LogP contribution >= 0.6 is 0 Å². The van der Waals surface area contributed by atoms with E-state index in [4.69, 9.17) is 4.74 Å². The summed E-state index contributed by atoms with van der Waals surface area (Å²) in [4.78, 5) is 3.28. The first-order chi connectivity index (χ1) is 13.3. The summed E-state index contributed by atoms with van der Waals surface area (Å²) in [6.45, 7) is 1.97. The SMILES string of the molecule is CC(NS(=O)(=O)c1cc(F)ccc1F)c1ccc(OCc2cccnc2)cc1. The lowest BCUT2D eigenvalue weighted by Crippen LogP contribution is -2.27. The molecule has 1 heterocycles. The number of hydrogen-bond acceptors (Lipinski definition) is 4. The van der Waals surface area contributed by atoms with Crippen LogP contribution in [0.4, 0.5) is 8.78 Å². The molecule has 0 radical (unpaired) electrons. The predicted octanol–water partition coefficient (Wildman–Crippen LogP) is 3.98. The number of nitrogens with zero attached hydrogens (tertiary/aromatic N) is 1. The van der Waals surface area contributed by atoms with Gasteiger partial charge < -0.3 is 4.74 Å². The van der Waals surface area contributed by atoms with Crippen LogP contribution in [0.15, 0.2) is 71.9 Å². The summed E-state index contributed by atoms with van der Waals surface area (Å²) in [5.74, 6) is -1.23. The van der Waals surface area contributed by atoms with Crippen LogP contribution in [0.3, 0.4) is 0 Å². The lowest BCUT2D eigenvalue weighted by Gasteiger charge is -2.16. The molecule has 5 nitrogen and oxygen atoms in total. The molecule has 1 N–H and O–H groups in total. The highest BCUT2D eigenvalue weighted by Crippen LogP contribution is 2.22. The van der Waals surface area contributed by atoms with Gasteiger partial charge in [-0.15, -0.1) is 0 Å². The Bertz CT molecular complexity index is 1040. The smallest absolute Gasteiger partial charge is 0.244 e. The molecule has 1 unspecified atom stereocenters. The first kappa shape index (κ1) is 19.9. The normalized spacial score (nSPS) is 12.5. The fourth-order valence-electron chi connectivity index (χ4n) is 2.55. The van der Waals surface area contributed by atoms with Gasteiger partial charge in [-0.3, -0.25) is 4.98 Å². The van der Waals surface area contributed by atoms with Gasteiger partial charge in [-0.2, -0.15) is 0 Å². The molecule has 2 aromatic carbocycles. The van der Waals surface area contributed by atoms with E-state index >= 15 is 0 Å². The maximum Gasteiger partial charge on any atom is 0.244 e. The number of aromatic nitrogens is 1. The first-order valence-electron chi connectivity index (χ1n) is 8.44. The molecular weight excluding hydrogens is 386 g/mol. The fraction of sp³-hybridized carbons (Fsp3) is 0.150. The van der Waals surface area contributed by atoms with E-state index < -0.39 is 32.6 Å². The summed E-state index contributed by atoms with van der Waals surface area (Å²) in [6, 6.07) is 12.2. The van der Waals surface area contributed by atoms with E-state index in [2.05, 4.69) is 9.71 Å². The number of ether oxygens (including phenoxy) is 1. The van der Waals surface area contributed by atoms with Crippen LogP contribution in [-0.2, 0) is 16.6 Å². The lowest BCUT2D eigenvalue weighted by atomic mass is 10.1. The highest BCUT2D eigenvalue weighted by molar-refractivity contribution is 7.89. The van der Waals surface area contributed by atoms with E-state index in [0.29, 0.717) is 24.0 Å². The van der Waals surface area contributed by atoms with Crippen molar-refractivity contribution in [3.63, 3.8) is 0 Å². The zero-order valence-corrected chi connectivity index (χ0v) is 15.8. The molecule has 0 aliphatic heterocycles. The van der Waals surface area contributed by atoms with Crippen molar-refractivity contribution in [2.24, 2.45) is 0 Å². The molecule has 0 aliphatic carbocycles. The van der Waals surface area contributed by atoms with Crippen LogP contribution in [0.5, 0.6) is 5.75 Å². The molecule has 0 spiro atoms. The Hall–Kier alpha value is -2.84. The third-order valence-electron chi connectivity index (χ3n) is 4.02. The zero-order chi connectivity index (χ0) is 20.1. The number of sulfonamides is 1. The molecule has 0 saturated carbocycles. The molecule has 0 amide bonds. The molecule has 0 bridgehead atoms. The Morgan fingerprint density at radius 1 is 1.11 bits per heavy atom. The average Bonchev–Trinajstić information content (AvgIpc) is 2.69. The number of nitrogens with one attached hydrogen (secondary N) is 1. The molecule has 0 fully saturated rings. The number of hydrogen-bond donors (Lipinski definition) is 1. The van der Waals surface area contributed by atoms with Gasteiger partial charge in [0.05, 0.1) is 0 Å². The van der Waals surface area contributed by atoms with Crippen LogP contribution in [0.1, 0.15) is 24.1 Å². The van der Waals surface area contributed by atoms with Crippen LogP contribution in [0, 0.1) is 11.6 Å². The van der Waals surface area contributed by atoms with Gasteiger partial charge in [0, 0.05) is 24.0 Å². The van der Waals surface area contributed by atoms with Crippen LogP contribution in [0.25, 0.3) is 0 Å². The van der Waals surface area contributed by atoms with Crippen molar-refractivity contribution in [3.05, 3.63) is 89.8 Å². The van der Waals surface area contributed by atoms with E-state index in [1.807, 2.05) is 12.1 Å². The minimum atomic E-state index is -4.22. The van der Waals surface area contributed by atoms with Gasteiger partial charge in [-0.05, 0) is 48.9 Å². The van der Waals surface area contributed by atoms with Gasteiger partial charge in [0.1, 0.15) is 28.9 Å². The predicted molar refractivity (Wildman–Crippen MR) is 100 cm³/mol. The number of halogens is 2. The Balaban J connectivity index is 1.67. The summed E-state index contributed by atoms with van der Waals surface area (Å²) in [5.41, 5.74) is 1.57. The summed E-state index contributed by atoms with van der Waals surface area (Å²) in [5, 5.41) is 0. The average molecular weight is 404 g/mol. The third kappa shape index (κ3) is 4.90. The van der Waals surface area contributed by atoms with Crippen molar-refractivity contribution >= 4 is 10.0 Å². The van der Waals surface area contributed by atoms with E-state index in [-0.39, 0.29) is 0 Å². The quantitative estimate of drug-likeness (QED) is 0.647. The minimum Gasteiger partial charge on any atom is -0.489 e. The van der Waals surface area contributed by atoms with Crippen molar-refractivity contribution in [2.45, 2.75) is 24.5 Å². The molecule has 0 aliphatic rings. The van der Waals surface area contributed by atoms with Crippen LogP contribution < -0.4 is 9.46 Å². The highest BCUT2D eigenvalue weighted by Gasteiger charge is 2.22. The van der Waals surface area contributed by atoms with Gasteiger partial charge in [-0.1, -0.05) is 18.2 Å². The minimum absolute atomic E-state index is 0.355.